The number of nitrogens with two attached hydrogens (primary N) is 1. The third kappa shape index (κ3) is 4.98. The van der Waals surface area contributed by atoms with E-state index in [1.807, 2.05) is 0 Å². The zero-order valence-electron chi connectivity index (χ0n) is 14.2. The van der Waals surface area contributed by atoms with Crippen molar-refractivity contribution in [3.63, 3.8) is 0 Å². The Hall–Kier alpha value is -2.01. The number of nitrogens with zero attached hydrogens (tertiary/aromatic N) is 1. The molecule has 0 spiro atoms. The van der Waals surface area contributed by atoms with Gasteiger partial charge in [0.15, 0.2) is 0 Å². The molecule has 3 N–H and O–H groups in total. The van der Waals surface area contributed by atoms with Crippen LogP contribution in [0.4, 0.5) is 10.5 Å². The highest BCUT2D eigenvalue weighted by molar-refractivity contribution is 7.86. The van der Waals surface area contributed by atoms with Crippen molar-refractivity contribution < 1.29 is 22.2 Å². The quantitative estimate of drug-likeness (QED) is 0.776. The summed E-state index contributed by atoms with van der Waals surface area (Å²) in [5.74, 6) is 4.88. The fraction of sp³-hybridized carbons (Fsp3) is 0.333. The molecule has 2 aromatic rings. The maximum atomic E-state index is 12.0. The van der Waals surface area contributed by atoms with Gasteiger partial charge in [0.05, 0.1) is 10.7 Å². The van der Waals surface area contributed by atoms with Crippen molar-refractivity contribution in [2.75, 3.05) is 5.32 Å². The molecule has 0 fully saturated rings. The molecule has 0 aliphatic rings. The molecule has 0 radical (unpaired) electrons. The largest absolute Gasteiger partial charge is 0.444 e. The molecule has 0 aliphatic heterocycles. The first kappa shape index (κ1) is 19.3. The van der Waals surface area contributed by atoms with Crippen molar-refractivity contribution in [1.82, 2.24) is 4.98 Å². The average molecular weight is 385 g/mol. The molecular formula is C15H19N3O5S2. The molecule has 0 unspecified atom stereocenters. The first-order valence-corrected chi connectivity index (χ1v) is 9.50. The predicted molar refractivity (Wildman–Crippen MR) is 94.6 cm³/mol. The average Bonchev–Trinajstić information content (AvgIpc) is 2.91. The summed E-state index contributed by atoms with van der Waals surface area (Å²) in [5, 5.41) is 5.03. The summed E-state index contributed by atoms with van der Waals surface area (Å²) in [6, 6.07) is 4.18. The number of aromatic nitrogens is 1. The summed E-state index contributed by atoms with van der Waals surface area (Å²) in [5.41, 5.74) is 0.399. The molecule has 0 saturated heterocycles. The molecule has 2 rings (SSSR count). The molecule has 1 aromatic carbocycles. The van der Waals surface area contributed by atoms with Gasteiger partial charge in [-0.15, -0.1) is 11.3 Å². The number of ether oxygens (including phenoxy) is 1. The predicted octanol–water partition coefficient (Wildman–Crippen LogP) is 3.04. The van der Waals surface area contributed by atoms with Gasteiger partial charge in [-0.2, -0.15) is 18.6 Å². The van der Waals surface area contributed by atoms with Crippen LogP contribution in [0.3, 0.4) is 0 Å². The second kappa shape index (κ2) is 7.08. The van der Waals surface area contributed by atoms with Gasteiger partial charge in [0.25, 0.3) is 0 Å². The fourth-order valence-corrected chi connectivity index (χ4v) is 3.37. The second-order valence-electron chi connectivity index (χ2n) is 6.14. The van der Waals surface area contributed by atoms with E-state index in [2.05, 4.69) is 14.6 Å². The molecule has 1 amide bonds. The number of nitrogens with one attached hydrogen (secondary N) is 1. The summed E-state index contributed by atoms with van der Waals surface area (Å²) in [4.78, 5) is 16.0. The molecular weight excluding hydrogens is 366 g/mol. The first-order valence-electron chi connectivity index (χ1n) is 7.22. The zero-order valence-corrected chi connectivity index (χ0v) is 15.8. The second-order valence-corrected chi connectivity index (χ2v) is 8.74. The summed E-state index contributed by atoms with van der Waals surface area (Å²) in [7, 11) is -4.14. The Morgan fingerprint density at radius 1 is 1.32 bits per heavy atom. The van der Waals surface area contributed by atoms with Crippen molar-refractivity contribution in [1.29, 1.82) is 0 Å². The van der Waals surface area contributed by atoms with Crippen molar-refractivity contribution in [3.05, 3.63) is 28.6 Å². The van der Waals surface area contributed by atoms with E-state index in [0.29, 0.717) is 11.4 Å². The van der Waals surface area contributed by atoms with E-state index in [0.717, 1.165) is 5.01 Å². The third-order valence-electron chi connectivity index (χ3n) is 2.92. The Kier molecular flexibility index (Phi) is 5.47. The van der Waals surface area contributed by atoms with Crippen molar-refractivity contribution in [3.8, 4) is 11.3 Å². The molecule has 0 aliphatic carbocycles. The van der Waals surface area contributed by atoms with E-state index in [1.165, 1.54) is 29.5 Å². The van der Waals surface area contributed by atoms with Gasteiger partial charge in [0, 0.05) is 16.6 Å². The lowest BCUT2D eigenvalue weighted by molar-refractivity contribution is 0.0636. The number of carbonyl (C=O) groups is 1. The maximum absolute atomic E-state index is 12.0. The fourth-order valence-electron chi connectivity index (χ4n) is 1.99. The van der Waals surface area contributed by atoms with Crippen LogP contribution in [0.5, 0.6) is 0 Å². The summed E-state index contributed by atoms with van der Waals surface area (Å²) >= 11 is 1.36. The number of rotatable bonds is 4. The molecule has 10 heteroatoms. The minimum absolute atomic E-state index is 0.143. The lowest BCUT2D eigenvalue weighted by atomic mass is 10.1. The molecule has 8 nitrogen and oxygen atoms in total. The minimum Gasteiger partial charge on any atom is -0.444 e. The molecule has 0 bridgehead atoms. The maximum Gasteiger partial charge on any atom is 0.412 e. The number of carbonyl (C=O) groups excluding carboxylic acids is 1. The smallest absolute Gasteiger partial charge is 0.412 e. The standard InChI is InChI=1S/C15H19N3O5S2/c1-9-17-12(8-24-9)11-7-10(18-14(19)22-15(2,3)4)5-6-13(11)25(20,21)23-16/h5-8H,16H2,1-4H3,(H,18,19). The van der Waals surface area contributed by atoms with E-state index < -0.39 is 21.8 Å². The summed E-state index contributed by atoms with van der Waals surface area (Å²) in [6.07, 6.45) is -0.654. The van der Waals surface area contributed by atoms with Crippen LogP contribution in [0.15, 0.2) is 28.5 Å². The van der Waals surface area contributed by atoms with Crippen LogP contribution in [0.2, 0.25) is 0 Å². The number of anilines is 1. The van der Waals surface area contributed by atoms with Crippen LogP contribution in [0.1, 0.15) is 25.8 Å². The Balaban J connectivity index is 2.45. The van der Waals surface area contributed by atoms with Gasteiger partial charge in [-0.3, -0.25) is 5.32 Å². The molecule has 0 atom stereocenters. The van der Waals surface area contributed by atoms with Crippen LogP contribution in [-0.2, 0) is 19.1 Å². The highest BCUT2D eigenvalue weighted by atomic mass is 32.2. The summed E-state index contributed by atoms with van der Waals surface area (Å²) < 4.78 is 33.4. The number of hydrogen-bond donors (Lipinski definition) is 2. The van der Waals surface area contributed by atoms with Crippen LogP contribution in [-0.4, -0.2) is 25.1 Å². The molecule has 136 valence electrons. The lowest BCUT2D eigenvalue weighted by Crippen LogP contribution is -2.27. The number of thiazole rings is 1. The van der Waals surface area contributed by atoms with Crippen LogP contribution >= 0.6 is 11.3 Å². The van der Waals surface area contributed by atoms with Crippen LogP contribution in [0.25, 0.3) is 11.3 Å². The van der Waals surface area contributed by atoms with Gasteiger partial charge >= 0.3 is 16.2 Å². The van der Waals surface area contributed by atoms with Crippen LogP contribution in [0, 0.1) is 6.92 Å². The number of amides is 1. The van der Waals surface area contributed by atoms with E-state index in [9.17, 15) is 13.2 Å². The Labute approximate surface area is 150 Å². The Morgan fingerprint density at radius 2 is 2.00 bits per heavy atom. The highest BCUT2D eigenvalue weighted by Gasteiger charge is 2.23. The number of aryl methyl sites for hydroxylation is 1. The molecule has 25 heavy (non-hydrogen) atoms. The molecule has 1 aromatic heterocycles. The van der Waals surface area contributed by atoms with Gasteiger partial charge in [-0.1, -0.05) is 0 Å². The lowest BCUT2D eigenvalue weighted by Gasteiger charge is -2.20. The normalized spacial score (nSPS) is 12.0. The van der Waals surface area contributed by atoms with E-state index >= 15 is 0 Å². The van der Waals surface area contributed by atoms with E-state index in [1.54, 1.807) is 33.1 Å². The van der Waals surface area contributed by atoms with Crippen LogP contribution < -0.4 is 11.2 Å². The monoisotopic (exact) mass is 385 g/mol. The van der Waals surface area contributed by atoms with Gasteiger partial charge in [-0.05, 0) is 45.9 Å². The van der Waals surface area contributed by atoms with Crippen molar-refractivity contribution >= 4 is 33.2 Å². The van der Waals surface area contributed by atoms with E-state index in [4.69, 9.17) is 10.6 Å². The zero-order chi connectivity index (χ0) is 18.8. The topological polar surface area (TPSA) is 121 Å². The minimum atomic E-state index is -4.14. The van der Waals surface area contributed by atoms with Gasteiger partial charge in [0.2, 0.25) is 0 Å². The number of hydrogen-bond acceptors (Lipinski definition) is 8. The summed E-state index contributed by atoms with van der Waals surface area (Å²) in [6.45, 7) is 7.02. The van der Waals surface area contributed by atoms with Gasteiger partial charge in [0.1, 0.15) is 10.5 Å². The van der Waals surface area contributed by atoms with E-state index in [-0.39, 0.29) is 10.5 Å². The Morgan fingerprint density at radius 3 is 2.52 bits per heavy atom. The number of benzene rings is 1. The SMILES string of the molecule is Cc1nc(-c2cc(NC(=O)OC(C)(C)C)ccc2S(=O)(=O)ON)cs1. The van der Waals surface area contributed by atoms with Crippen molar-refractivity contribution in [2.24, 2.45) is 5.90 Å². The highest BCUT2D eigenvalue weighted by Crippen LogP contribution is 2.31. The Bertz CT molecular complexity index is 885. The van der Waals surface area contributed by atoms with Gasteiger partial charge in [-0.25, -0.2) is 9.78 Å². The molecule has 0 saturated carbocycles. The first-order chi connectivity index (χ1) is 11.5. The third-order valence-corrected chi connectivity index (χ3v) is 4.84. The van der Waals surface area contributed by atoms with Gasteiger partial charge < -0.3 is 4.74 Å². The van der Waals surface area contributed by atoms with Crippen molar-refractivity contribution in [2.45, 2.75) is 38.2 Å². The molecule has 1 heterocycles.